The first-order chi connectivity index (χ1) is 22.4. The van der Waals surface area contributed by atoms with Crippen LogP contribution >= 0.6 is 11.6 Å². The average Bonchev–Trinajstić information content (AvgIpc) is 3.62. The number of carbonyl (C=O) groups excluding carboxylic acids is 3. The third-order valence-corrected chi connectivity index (χ3v) is 8.08. The van der Waals surface area contributed by atoms with Gasteiger partial charge in [0.25, 0.3) is 5.91 Å². The van der Waals surface area contributed by atoms with E-state index in [0.717, 1.165) is 10.9 Å². The van der Waals surface area contributed by atoms with E-state index in [0.29, 0.717) is 31.9 Å². The van der Waals surface area contributed by atoms with Crippen LogP contribution in [0.15, 0.2) is 43.0 Å². The van der Waals surface area contributed by atoms with Crippen LogP contribution in [0.25, 0.3) is 16.9 Å². The molecule has 1 unspecified atom stereocenters. The van der Waals surface area contributed by atoms with Crippen molar-refractivity contribution < 1.29 is 32.3 Å². The second-order valence-electron chi connectivity index (χ2n) is 10.7. The number of alkyl halides is 3. The third kappa shape index (κ3) is 6.27. The molecule has 0 bridgehead atoms. The van der Waals surface area contributed by atoms with E-state index in [1.807, 2.05) is 4.90 Å². The van der Waals surface area contributed by atoms with E-state index >= 15 is 0 Å². The van der Waals surface area contributed by atoms with Crippen LogP contribution in [-0.2, 0) is 27.0 Å². The van der Waals surface area contributed by atoms with Gasteiger partial charge >= 0.3 is 18.1 Å². The molecular formula is C28H25ClF3N11O4. The normalized spacial score (nSPS) is 17.3. The summed E-state index contributed by atoms with van der Waals surface area (Å²) < 4.78 is 49.0. The summed E-state index contributed by atoms with van der Waals surface area (Å²) in [6.45, 7) is 1.66. The zero-order valence-corrected chi connectivity index (χ0v) is 25.0. The quantitative estimate of drug-likeness (QED) is 0.191. The molecule has 15 nitrogen and oxygen atoms in total. The zero-order chi connectivity index (χ0) is 33.5. The van der Waals surface area contributed by atoms with Gasteiger partial charge in [0.15, 0.2) is 23.4 Å². The highest BCUT2D eigenvalue weighted by atomic mass is 35.5. The lowest BCUT2D eigenvalue weighted by molar-refractivity contribution is -0.173. The minimum Gasteiger partial charge on any atom is -0.437 e. The second kappa shape index (κ2) is 12.5. The summed E-state index contributed by atoms with van der Waals surface area (Å²) in [5.74, 6) is -2.67. The van der Waals surface area contributed by atoms with Crippen LogP contribution in [0, 0.1) is 11.3 Å². The number of hydrogen-bond acceptors (Lipinski definition) is 11. The van der Waals surface area contributed by atoms with Gasteiger partial charge in [-0.15, -0.1) is 0 Å². The van der Waals surface area contributed by atoms with Crippen molar-refractivity contribution in [1.29, 1.82) is 5.26 Å². The van der Waals surface area contributed by atoms with Crippen LogP contribution in [0.1, 0.15) is 16.1 Å². The highest BCUT2D eigenvalue weighted by molar-refractivity contribution is 6.34. The van der Waals surface area contributed by atoms with Crippen LogP contribution in [0.5, 0.6) is 0 Å². The van der Waals surface area contributed by atoms with Crippen molar-refractivity contribution in [3.63, 3.8) is 0 Å². The standard InChI is InChI=1S/C28H25ClF3N11O4/c29-19-9-15(1-2-17(19)26(45)40-7-8-42(16-10-35-11-16)21(14-40)47-27(46)23(34)44)38-24-25-37-12-20(43(25)6-4-36-24)18-13-41(5-3-33)39-22(18)28(30,31)32/h1-2,4,6,9,12-13,16,21,35H,5,7-8,10-11,14H2,(H2,34,44)(H,36,38). The fourth-order valence-electron chi connectivity index (χ4n) is 5.41. The Balaban J connectivity index is 1.22. The highest BCUT2D eigenvalue weighted by Crippen LogP contribution is 2.37. The molecule has 2 amide bonds. The Hall–Kier alpha value is -5.25. The number of piperazine rings is 1. The van der Waals surface area contributed by atoms with Gasteiger partial charge in [-0.05, 0) is 18.2 Å². The number of nitrogens with one attached hydrogen (secondary N) is 2. The van der Waals surface area contributed by atoms with Gasteiger partial charge in [0.05, 0.1) is 40.7 Å². The first-order valence-electron chi connectivity index (χ1n) is 14.1. The number of imidazole rings is 1. The van der Waals surface area contributed by atoms with Crippen molar-refractivity contribution in [3.05, 3.63) is 59.3 Å². The molecule has 2 fully saturated rings. The number of halogens is 4. The Bertz CT molecular complexity index is 1920. The number of esters is 1. The summed E-state index contributed by atoms with van der Waals surface area (Å²) >= 11 is 6.54. The molecule has 4 N–H and O–H groups in total. The van der Waals surface area contributed by atoms with Gasteiger partial charge in [-0.3, -0.25) is 23.6 Å². The zero-order valence-electron chi connectivity index (χ0n) is 24.2. The Kier molecular flexibility index (Phi) is 8.44. The number of aromatic nitrogens is 5. The summed E-state index contributed by atoms with van der Waals surface area (Å²) in [6.07, 6.45) is -0.469. The highest BCUT2D eigenvalue weighted by Gasteiger charge is 2.40. The minimum atomic E-state index is -4.78. The fourth-order valence-corrected chi connectivity index (χ4v) is 5.67. The van der Waals surface area contributed by atoms with Gasteiger partial charge in [-0.25, -0.2) is 14.8 Å². The Labute approximate surface area is 268 Å². The molecule has 1 aromatic carbocycles. The summed E-state index contributed by atoms with van der Waals surface area (Å²) in [5, 5.41) is 18.7. The van der Waals surface area contributed by atoms with Crippen LogP contribution in [0.4, 0.5) is 24.7 Å². The topological polar surface area (TPSA) is 189 Å². The summed E-state index contributed by atoms with van der Waals surface area (Å²) in [5.41, 5.74) is 4.49. The molecule has 19 heteroatoms. The number of nitrogens with two attached hydrogens (primary N) is 1. The van der Waals surface area contributed by atoms with Gasteiger partial charge in [0, 0.05) is 56.5 Å². The molecule has 47 heavy (non-hydrogen) atoms. The van der Waals surface area contributed by atoms with E-state index in [1.54, 1.807) is 12.1 Å². The molecular weight excluding hydrogens is 647 g/mol. The number of ether oxygens (including phenoxy) is 1. The van der Waals surface area contributed by atoms with E-state index in [1.165, 1.54) is 40.0 Å². The van der Waals surface area contributed by atoms with Crippen molar-refractivity contribution in [2.45, 2.75) is 25.0 Å². The van der Waals surface area contributed by atoms with E-state index in [2.05, 4.69) is 25.7 Å². The lowest BCUT2D eigenvalue weighted by Crippen LogP contribution is -2.66. The lowest BCUT2D eigenvalue weighted by Gasteiger charge is -2.47. The van der Waals surface area contributed by atoms with Crippen molar-refractivity contribution >= 4 is 46.5 Å². The predicted molar refractivity (Wildman–Crippen MR) is 158 cm³/mol. The van der Waals surface area contributed by atoms with Crippen LogP contribution in [0.3, 0.4) is 0 Å². The monoisotopic (exact) mass is 671 g/mol. The molecule has 2 saturated heterocycles. The second-order valence-corrected chi connectivity index (χ2v) is 11.1. The van der Waals surface area contributed by atoms with Gasteiger partial charge < -0.3 is 26.0 Å². The third-order valence-electron chi connectivity index (χ3n) is 7.76. The van der Waals surface area contributed by atoms with E-state index in [-0.39, 0.29) is 52.4 Å². The molecule has 4 aromatic rings. The van der Waals surface area contributed by atoms with Crippen LogP contribution in [0.2, 0.25) is 5.02 Å². The van der Waals surface area contributed by atoms with E-state index in [4.69, 9.17) is 27.3 Å². The van der Waals surface area contributed by atoms with Crippen molar-refractivity contribution in [1.82, 2.24) is 39.3 Å². The minimum absolute atomic E-state index is 0.00964. The maximum atomic E-state index is 13.8. The van der Waals surface area contributed by atoms with E-state index < -0.39 is 35.9 Å². The molecule has 2 aliphatic rings. The molecule has 6 rings (SSSR count). The summed E-state index contributed by atoms with van der Waals surface area (Å²) in [7, 11) is 0. The summed E-state index contributed by atoms with van der Waals surface area (Å²) in [6, 6.07) is 6.40. The van der Waals surface area contributed by atoms with Gasteiger partial charge in [-0.2, -0.15) is 23.5 Å². The molecule has 3 aromatic heterocycles. The number of anilines is 2. The Morgan fingerprint density at radius 2 is 2.00 bits per heavy atom. The Morgan fingerprint density at radius 1 is 1.21 bits per heavy atom. The number of nitriles is 1. The number of rotatable bonds is 7. The number of amides is 2. The SMILES string of the molecule is N#CCn1cc(-c2cnc3c(Nc4ccc(C(=O)N5CCN(C6CNC6)C(OC(=O)C(N)=O)C5)c(Cl)c4)nccn23)c(C(F)(F)F)n1. The molecule has 1 atom stereocenters. The van der Waals surface area contributed by atoms with Crippen molar-refractivity contribution in [3.8, 4) is 17.3 Å². The van der Waals surface area contributed by atoms with Gasteiger partial charge in [-0.1, -0.05) is 11.6 Å². The van der Waals surface area contributed by atoms with Crippen LogP contribution in [-0.4, -0.2) is 96.7 Å². The van der Waals surface area contributed by atoms with Crippen molar-refractivity contribution in [2.75, 3.05) is 38.0 Å². The molecule has 244 valence electrons. The first kappa shape index (κ1) is 31.7. The average molecular weight is 672 g/mol. The molecule has 0 aliphatic carbocycles. The first-order valence-corrected chi connectivity index (χ1v) is 14.5. The fraction of sp³-hybridized carbons (Fsp3) is 0.321. The molecule has 0 spiro atoms. The smallest absolute Gasteiger partial charge is 0.435 e. The lowest BCUT2D eigenvalue weighted by atomic mass is 10.1. The van der Waals surface area contributed by atoms with Gasteiger partial charge in [0.2, 0.25) is 0 Å². The largest absolute Gasteiger partial charge is 0.437 e. The molecule has 0 radical (unpaired) electrons. The van der Waals surface area contributed by atoms with Gasteiger partial charge in [0.1, 0.15) is 6.54 Å². The number of carbonyl (C=O) groups is 3. The Morgan fingerprint density at radius 3 is 2.66 bits per heavy atom. The number of primary amides is 1. The maximum Gasteiger partial charge on any atom is 0.435 e. The number of nitrogens with zero attached hydrogens (tertiary/aromatic N) is 8. The van der Waals surface area contributed by atoms with Crippen molar-refractivity contribution in [2.24, 2.45) is 5.73 Å². The maximum absolute atomic E-state index is 13.8. The van der Waals surface area contributed by atoms with Crippen LogP contribution < -0.4 is 16.4 Å². The number of hydrogen-bond donors (Lipinski definition) is 3. The van der Waals surface area contributed by atoms with E-state index in [9.17, 15) is 27.6 Å². The summed E-state index contributed by atoms with van der Waals surface area (Å²) in [4.78, 5) is 48.7. The predicted octanol–water partition coefficient (Wildman–Crippen LogP) is 1.62. The number of fused-ring (bicyclic) bond motifs is 1. The molecule has 2 aliphatic heterocycles. The molecule has 0 saturated carbocycles. The number of benzene rings is 1. The molecule has 5 heterocycles.